The van der Waals surface area contributed by atoms with E-state index >= 15 is 0 Å². The topological polar surface area (TPSA) is 57.3 Å². The Kier molecular flexibility index (Phi) is 4.06. The van der Waals surface area contributed by atoms with E-state index in [-0.39, 0.29) is 22.2 Å². The van der Waals surface area contributed by atoms with E-state index in [0.29, 0.717) is 0 Å². The van der Waals surface area contributed by atoms with E-state index in [0.717, 1.165) is 10.7 Å². The molecule has 0 aliphatic carbocycles. The van der Waals surface area contributed by atoms with Crippen LogP contribution in [0.4, 0.5) is 13.2 Å². The summed E-state index contributed by atoms with van der Waals surface area (Å²) >= 11 is 5.99. The molecule has 3 rings (SSSR count). The van der Waals surface area contributed by atoms with E-state index in [1.807, 2.05) is 0 Å². The Labute approximate surface area is 137 Å². The fourth-order valence-corrected chi connectivity index (χ4v) is 2.24. The van der Waals surface area contributed by atoms with Crippen molar-refractivity contribution in [1.29, 1.82) is 0 Å². The van der Waals surface area contributed by atoms with Gasteiger partial charge < -0.3 is 9.15 Å². The summed E-state index contributed by atoms with van der Waals surface area (Å²) in [6, 6.07) is 11.6. The van der Waals surface area contributed by atoms with E-state index in [1.54, 1.807) is 18.2 Å². The van der Waals surface area contributed by atoms with Gasteiger partial charge in [0.15, 0.2) is 0 Å². The van der Waals surface area contributed by atoms with E-state index in [4.69, 9.17) is 16.0 Å². The van der Waals surface area contributed by atoms with Crippen molar-refractivity contribution >= 4 is 11.6 Å². The molecule has 0 amide bonds. The molecule has 1 heterocycles. The number of hydrogen-bond acceptors (Lipinski definition) is 4. The van der Waals surface area contributed by atoms with Crippen LogP contribution in [-0.4, -0.2) is 16.1 Å². The quantitative estimate of drug-likeness (QED) is 0.710. The van der Waals surface area contributed by atoms with Crippen molar-refractivity contribution in [3.8, 4) is 22.9 Å². The van der Waals surface area contributed by atoms with Crippen LogP contribution in [0.25, 0.3) is 17.1 Å². The zero-order valence-electron chi connectivity index (χ0n) is 11.7. The Hall–Kier alpha value is -2.74. The number of rotatable bonds is 3. The summed E-state index contributed by atoms with van der Waals surface area (Å²) in [4.78, 5) is 12.0. The van der Waals surface area contributed by atoms with Gasteiger partial charge in [-0.25, -0.2) is 4.79 Å². The number of halogens is 4. The van der Waals surface area contributed by atoms with Gasteiger partial charge in [0.05, 0.1) is 16.3 Å². The van der Waals surface area contributed by atoms with Crippen molar-refractivity contribution in [2.75, 3.05) is 0 Å². The molecular formula is C15H8ClF3N2O3. The average molecular weight is 357 g/mol. The average Bonchev–Trinajstić information content (AvgIpc) is 2.88. The lowest BCUT2D eigenvalue weighted by atomic mass is 10.2. The van der Waals surface area contributed by atoms with Crippen LogP contribution in [0.1, 0.15) is 0 Å². The second kappa shape index (κ2) is 6.04. The second-order valence-corrected chi connectivity index (χ2v) is 4.99. The predicted molar refractivity (Wildman–Crippen MR) is 79.2 cm³/mol. The Morgan fingerprint density at radius 2 is 1.75 bits per heavy atom. The number of ether oxygens (including phenoxy) is 1. The van der Waals surface area contributed by atoms with Crippen molar-refractivity contribution in [3.63, 3.8) is 0 Å². The highest BCUT2D eigenvalue weighted by atomic mass is 35.5. The molecule has 5 nitrogen and oxygen atoms in total. The van der Waals surface area contributed by atoms with Crippen molar-refractivity contribution in [3.05, 3.63) is 64.1 Å². The van der Waals surface area contributed by atoms with Crippen LogP contribution >= 0.6 is 11.6 Å². The van der Waals surface area contributed by atoms with E-state index < -0.39 is 17.9 Å². The summed E-state index contributed by atoms with van der Waals surface area (Å²) in [6.07, 6.45) is -4.89. The highest BCUT2D eigenvalue weighted by Gasteiger charge is 2.33. The minimum Gasteiger partial charge on any atom is -0.405 e. The van der Waals surface area contributed by atoms with Gasteiger partial charge in [-0.2, -0.15) is 4.68 Å². The fourth-order valence-electron chi connectivity index (χ4n) is 2.02. The summed E-state index contributed by atoms with van der Waals surface area (Å²) in [5, 5.41) is 4.14. The van der Waals surface area contributed by atoms with E-state index in [2.05, 4.69) is 9.84 Å². The van der Waals surface area contributed by atoms with Crippen LogP contribution in [0.3, 0.4) is 0 Å². The summed E-state index contributed by atoms with van der Waals surface area (Å²) < 4.78 is 47.2. The van der Waals surface area contributed by atoms with Crippen LogP contribution in [0.15, 0.2) is 57.7 Å². The molecule has 3 aromatic rings. The number of benzene rings is 2. The fraction of sp³-hybridized carbons (Fsp3) is 0.0667. The number of nitrogens with zero attached hydrogens (tertiary/aromatic N) is 2. The molecule has 0 N–H and O–H groups in total. The minimum absolute atomic E-state index is 0.113. The molecule has 0 saturated carbocycles. The van der Waals surface area contributed by atoms with Gasteiger partial charge in [0.2, 0.25) is 0 Å². The number of alkyl halides is 3. The number of hydrogen-bond donors (Lipinski definition) is 0. The Morgan fingerprint density at radius 3 is 2.46 bits per heavy atom. The molecule has 2 aromatic carbocycles. The van der Waals surface area contributed by atoms with Crippen LogP contribution in [0.5, 0.6) is 5.75 Å². The third kappa shape index (κ3) is 3.28. The lowest BCUT2D eigenvalue weighted by Crippen LogP contribution is -2.17. The molecule has 24 heavy (non-hydrogen) atoms. The maximum atomic E-state index is 12.5. The molecular weight excluding hydrogens is 349 g/mol. The summed E-state index contributed by atoms with van der Waals surface area (Å²) in [6.45, 7) is 0. The second-order valence-electron chi connectivity index (χ2n) is 4.58. The zero-order valence-corrected chi connectivity index (χ0v) is 12.5. The molecule has 9 heteroatoms. The largest absolute Gasteiger partial charge is 0.573 e. The monoisotopic (exact) mass is 356 g/mol. The Morgan fingerprint density at radius 1 is 1.08 bits per heavy atom. The molecule has 124 valence electrons. The van der Waals surface area contributed by atoms with Gasteiger partial charge in [-0.1, -0.05) is 35.9 Å². The first-order valence-corrected chi connectivity index (χ1v) is 6.93. The normalized spacial score (nSPS) is 11.5. The van der Waals surface area contributed by atoms with Gasteiger partial charge in [-0.05, 0) is 24.3 Å². The highest BCUT2D eigenvalue weighted by molar-refractivity contribution is 6.32. The van der Waals surface area contributed by atoms with Gasteiger partial charge in [0.1, 0.15) is 5.75 Å². The first-order valence-electron chi connectivity index (χ1n) is 6.55. The maximum Gasteiger partial charge on any atom is 0.573 e. The lowest BCUT2D eigenvalue weighted by molar-refractivity contribution is -0.274. The predicted octanol–water partition coefficient (Wildman–Crippen LogP) is 4.04. The van der Waals surface area contributed by atoms with Crippen molar-refractivity contribution in [2.24, 2.45) is 0 Å². The van der Waals surface area contributed by atoms with Crippen molar-refractivity contribution in [2.45, 2.75) is 6.36 Å². The number of para-hydroxylation sites is 2. The molecule has 0 fully saturated rings. The van der Waals surface area contributed by atoms with E-state index in [1.165, 1.54) is 24.3 Å². The van der Waals surface area contributed by atoms with Gasteiger partial charge in [0, 0.05) is 0 Å². The zero-order chi connectivity index (χ0) is 17.3. The standard InChI is InChI=1S/C15H8ClF3N2O3/c16-10-6-2-3-7-11(10)21-14(22)23-13(20-21)9-5-1-4-8-12(9)24-15(17,18)19/h1-8H. The Bertz CT molecular complexity index is 934. The first kappa shape index (κ1) is 16.1. The highest BCUT2D eigenvalue weighted by Crippen LogP contribution is 2.32. The lowest BCUT2D eigenvalue weighted by Gasteiger charge is -2.10. The third-order valence-corrected chi connectivity index (χ3v) is 3.29. The molecule has 0 spiro atoms. The molecule has 0 aliphatic rings. The summed E-state index contributed by atoms with van der Waals surface area (Å²) in [7, 11) is 0. The maximum absolute atomic E-state index is 12.5. The van der Waals surface area contributed by atoms with Crippen LogP contribution in [0.2, 0.25) is 5.02 Å². The third-order valence-electron chi connectivity index (χ3n) is 2.97. The molecule has 0 aliphatic heterocycles. The molecule has 0 atom stereocenters. The van der Waals surface area contributed by atoms with Crippen LogP contribution < -0.4 is 10.5 Å². The molecule has 1 aromatic heterocycles. The smallest absolute Gasteiger partial charge is 0.405 e. The van der Waals surface area contributed by atoms with Crippen LogP contribution in [0, 0.1) is 0 Å². The van der Waals surface area contributed by atoms with Crippen molar-refractivity contribution in [1.82, 2.24) is 9.78 Å². The Balaban J connectivity index is 2.09. The molecule has 0 bridgehead atoms. The van der Waals surface area contributed by atoms with Gasteiger partial charge in [-0.15, -0.1) is 18.3 Å². The van der Waals surface area contributed by atoms with Gasteiger partial charge in [-0.3, -0.25) is 0 Å². The van der Waals surface area contributed by atoms with Crippen LogP contribution in [-0.2, 0) is 0 Å². The first-order chi connectivity index (χ1) is 11.3. The van der Waals surface area contributed by atoms with Gasteiger partial charge in [0.25, 0.3) is 5.89 Å². The molecule has 0 unspecified atom stereocenters. The summed E-state index contributed by atoms with van der Waals surface area (Å²) in [5.41, 5.74) is 0.131. The van der Waals surface area contributed by atoms with Crippen molar-refractivity contribution < 1.29 is 22.3 Å². The van der Waals surface area contributed by atoms with Gasteiger partial charge >= 0.3 is 12.1 Å². The minimum atomic E-state index is -4.89. The number of aromatic nitrogens is 2. The molecule has 0 radical (unpaired) electrons. The SMILES string of the molecule is O=c1oc(-c2ccccc2OC(F)(F)F)nn1-c1ccccc1Cl. The summed E-state index contributed by atoms with van der Waals surface area (Å²) in [5.74, 6) is -1.74. The molecule has 0 saturated heterocycles. The van der Waals surface area contributed by atoms with E-state index in [9.17, 15) is 18.0 Å².